The van der Waals surface area contributed by atoms with Crippen molar-refractivity contribution in [1.82, 2.24) is 0 Å². The first-order valence-corrected chi connectivity index (χ1v) is 8.09. The van der Waals surface area contributed by atoms with Crippen LogP contribution in [0.15, 0.2) is 24.3 Å². The lowest BCUT2D eigenvalue weighted by atomic mass is 10.1. The molecule has 0 saturated heterocycles. The van der Waals surface area contributed by atoms with Gasteiger partial charge < -0.3 is 5.11 Å². The maximum Gasteiger partial charge on any atom is 0.307 e. The van der Waals surface area contributed by atoms with Crippen LogP contribution in [0.3, 0.4) is 0 Å². The number of aliphatic carboxylic acids is 1. The third kappa shape index (κ3) is 2.72. The van der Waals surface area contributed by atoms with Gasteiger partial charge in [-0.3, -0.25) is 9.10 Å². The maximum atomic E-state index is 12.7. The van der Waals surface area contributed by atoms with Gasteiger partial charge in [0.1, 0.15) is 6.07 Å². The van der Waals surface area contributed by atoms with E-state index in [0.29, 0.717) is 19.3 Å². The zero-order chi connectivity index (χ0) is 15.6. The van der Waals surface area contributed by atoms with Gasteiger partial charge in [0.05, 0.1) is 22.4 Å². The van der Waals surface area contributed by atoms with Crippen LogP contribution in [0.4, 0.5) is 5.69 Å². The van der Waals surface area contributed by atoms with Gasteiger partial charge in [-0.2, -0.15) is 5.26 Å². The monoisotopic (exact) mass is 308 g/mol. The Morgan fingerprint density at radius 3 is 2.67 bits per heavy atom. The van der Waals surface area contributed by atoms with Crippen molar-refractivity contribution in [3.05, 3.63) is 29.8 Å². The lowest BCUT2D eigenvalue weighted by Gasteiger charge is -2.26. The number of carbonyl (C=O) groups is 1. The minimum atomic E-state index is -3.82. The molecule has 0 radical (unpaired) electrons. The number of carboxylic acid groups (broad SMARTS) is 1. The van der Waals surface area contributed by atoms with Gasteiger partial charge in [-0.05, 0) is 25.0 Å². The SMILES string of the molecule is CN(c1ccccc1C#N)S(=O)(=O)C1CCCC1C(=O)O. The summed E-state index contributed by atoms with van der Waals surface area (Å²) in [7, 11) is -2.45. The summed E-state index contributed by atoms with van der Waals surface area (Å²) in [5.41, 5.74) is 0.518. The lowest BCUT2D eigenvalue weighted by Crippen LogP contribution is -2.40. The molecule has 6 nitrogen and oxygen atoms in total. The van der Waals surface area contributed by atoms with E-state index in [-0.39, 0.29) is 11.3 Å². The molecule has 21 heavy (non-hydrogen) atoms. The van der Waals surface area contributed by atoms with Crippen molar-refractivity contribution >= 4 is 21.7 Å². The van der Waals surface area contributed by atoms with Crippen LogP contribution in [0, 0.1) is 17.2 Å². The van der Waals surface area contributed by atoms with E-state index in [1.807, 2.05) is 6.07 Å². The van der Waals surface area contributed by atoms with Crippen molar-refractivity contribution in [1.29, 1.82) is 5.26 Å². The average Bonchev–Trinajstić information content (AvgIpc) is 2.96. The zero-order valence-corrected chi connectivity index (χ0v) is 12.4. The number of hydrogen-bond donors (Lipinski definition) is 1. The Hall–Kier alpha value is -2.07. The Bertz CT molecular complexity index is 693. The molecule has 2 unspecified atom stereocenters. The van der Waals surface area contributed by atoms with Crippen molar-refractivity contribution in [2.75, 3.05) is 11.4 Å². The Morgan fingerprint density at radius 2 is 2.05 bits per heavy atom. The Morgan fingerprint density at radius 1 is 1.38 bits per heavy atom. The van der Waals surface area contributed by atoms with E-state index in [2.05, 4.69) is 0 Å². The molecule has 7 heteroatoms. The van der Waals surface area contributed by atoms with E-state index in [4.69, 9.17) is 10.4 Å². The number of nitriles is 1. The third-order valence-electron chi connectivity index (χ3n) is 3.90. The summed E-state index contributed by atoms with van der Waals surface area (Å²) in [6.45, 7) is 0. The molecule has 1 N–H and O–H groups in total. The molecule has 1 saturated carbocycles. The van der Waals surface area contributed by atoms with Gasteiger partial charge in [0, 0.05) is 7.05 Å². The summed E-state index contributed by atoms with van der Waals surface area (Å²) in [6.07, 6.45) is 1.28. The van der Waals surface area contributed by atoms with Crippen LogP contribution in [-0.4, -0.2) is 31.8 Å². The van der Waals surface area contributed by atoms with Crippen molar-refractivity contribution in [2.24, 2.45) is 5.92 Å². The largest absolute Gasteiger partial charge is 0.481 e. The van der Waals surface area contributed by atoms with Crippen molar-refractivity contribution in [3.8, 4) is 6.07 Å². The summed E-state index contributed by atoms with van der Waals surface area (Å²) in [5, 5.41) is 17.3. The van der Waals surface area contributed by atoms with E-state index in [9.17, 15) is 13.2 Å². The van der Waals surface area contributed by atoms with E-state index in [0.717, 1.165) is 4.31 Å². The molecule has 1 aliphatic rings. The molecule has 1 aliphatic carbocycles. The van der Waals surface area contributed by atoms with Crippen LogP contribution >= 0.6 is 0 Å². The molecule has 0 aliphatic heterocycles. The number of nitrogens with zero attached hydrogens (tertiary/aromatic N) is 2. The average molecular weight is 308 g/mol. The van der Waals surface area contributed by atoms with E-state index >= 15 is 0 Å². The van der Waals surface area contributed by atoms with Crippen molar-refractivity contribution in [2.45, 2.75) is 24.5 Å². The summed E-state index contributed by atoms with van der Waals surface area (Å²) < 4.78 is 26.4. The highest BCUT2D eigenvalue weighted by Gasteiger charge is 2.43. The highest BCUT2D eigenvalue weighted by Crippen LogP contribution is 2.34. The molecule has 0 spiro atoms. The molecular weight excluding hydrogens is 292 g/mol. The van der Waals surface area contributed by atoms with Gasteiger partial charge in [-0.1, -0.05) is 18.6 Å². The predicted octanol–water partition coefficient (Wildman–Crippen LogP) is 1.58. The lowest BCUT2D eigenvalue weighted by molar-refractivity contribution is -0.141. The summed E-state index contributed by atoms with van der Waals surface area (Å²) >= 11 is 0. The first kappa shape index (κ1) is 15.3. The molecule has 0 bridgehead atoms. The summed E-state index contributed by atoms with van der Waals surface area (Å²) in [5.74, 6) is -1.96. The summed E-state index contributed by atoms with van der Waals surface area (Å²) in [4.78, 5) is 11.2. The molecule has 112 valence electrons. The number of rotatable bonds is 4. The smallest absolute Gasteiger partial charge is 0.307 e. The molecule has 1 aromatic carbocycles. The second-order valence-electron chi connectivity index (χ2n) is 5.06. The molecule has 0 heterocycles. The van der Waals surface area contributed by atoms with Crippen molar-refractivity contribution in [3.63, 3.8) is 0 Å². The Labute approximate surface area is 123 Å². The molecule has 0 aromatic heterocycles. The Kier molecular flexibility index (Phi) is 4.19. The molecule has 1 aromatic rings. The van der Waals surface area contributed by atoms with Gasteiger partial charge >= 0.3 is 5.97 Å². The van der Waals surface area contributed by atoms with Crippen LogP contribution in [0.1, 0.15) is 24.8 Å². The number of hydrogen-bond acceptors (Lipinski definition) is 4. The number of anilines is 1. The van der Waals surface area contributed by atoms with Crippen molar-refractivity contribution < 1.29 is 18.3 Å². The normalized spacial score (nSPS) is 21.7. The van der Waals surface area contributed by atoms with E-state index < -0.39 is 27.2 Å². The topological polar surface area (TPSA) is 98.5 Å². The molecule has 2 rings (SSSR count). The zero-order valence-electron chi connectivity index (χ0n) is 11.6. The third-order valence-corrected chi connectivity index (χ3v) is 6.19. The molecule has 0 amide bonds. The number of sulfonamides is 1. The van der Waals surface area contributed by atoms with Gasteiger partial charge in [0.25, 0.3) is 0 Å². The summed E-state index contributed by atoms with van der Waals surface area (Å²) in [6, 6.07) is 8.32. The fourth-order valence-electron chi connectivity index (χ4n) is 2.75. The molecular formula is C14H16N2O4S. The maximum absolute atomic E-state index is 12.7. The highest BCUT2D eigenvalue weighted by atomic mass is 32.2. The van der Waals surface area contributed by atoms with E-state index in [1.165, 1.54) is 13.1 Å². The fraction of sp³-hybridized carbons (Fsp3) is 0.429. The first-order chi connectivity index (χ1) is 9.89. The quantitative estimate of drug-likeness (QED) is 0.910. The van der Waals surface area contributed by atoms with Gasteiger partial charge in [-0.25, -0.2) is 8.42 Å². The second-order valence-corrected chi connectivity index (χ2v) is 7.24. The highest BCUT2D eigenvalue weighted by molar-refractivity contribution is 7.93. The van der Waals surface area contributed by atoms with Crippen LogP contribution < -0.4 is 4.31 Å². The number of carboxylic acids is 1. The Balaban J connectivity index is 2.40. The van der Waals surface area contributed by atoms with E-state index in [1.54, 1.807) is 18.2 Å². The van der Waals surface area contributed by atoms with Crippen LogP contribution in [0.2, 0.25) is 0 Å². The molecule has 2 atom stereocenters. The standard InChI is InChI=1S/C14H16N2O4S/c1-16(12-7-3-2-5-10(12)9-15)21(19,20)13-8-4-6-11(13)14(17)18/h2-3,5,7,11,13H,4,6,8H2,1H3,(H,17,18). The molecule has 1 fully saturated rings. The van der Waals surface area contributed by atoms with Crippen LogP contribution in [0.5, 0.6) is 0 Å². The minimum absolute atomic E-state index is 0.244. The fourth-order valence-corrected chi connectivity index (χ4v) is 4.72. The van der Waals surface area contributed by atoms with Gasteiger partial charge in [0.15, 0.2) is 0 Å². The minimum Gasteiger partial charge on any atom is -0.481 e. The number of benzene rings is 1. The van der Waals surface area contributed by atoms with Crippen LogP contribution in [-0.2, 0) is 14.8 Å². The van der Waals surface area contributed by atoms with Gasteiger partial charge in [-0.15, -0.1) is 0 Å². The number of para-hydroxylation sites is 1. The predicted molar refractivity (Wildman–Crippen MR) is 77.2 cm³/mol. The van der Waals surface area contributed by atoms with Gasteiger partial charge in [0.2, 0.25) is 10.0 Å². The van der Waals surface area contributed by atoms with Crippen LogP contribution in [0.25, 0.3) is 0 Å². The second kappa shape index (κ2) is 5.74. The first-order valence-electron chi connectivity index (χ1n) is 6.59.